The molecule has 2 aliphatic heterocycles. The van der Waals surface area contributed by atoms with E-state index in [4.69, 9.17) is 14.5 Å². The van der Waals surface area contributed by atoms with Crippen molar-refractivity contribution in [2.24, 2.45) is 0 Å². The minimum absolute atomic E-state index is 0.309. The van der Waals surface area contributed by atoms with E-state index >= 15 is 0 Å². The zero-order valence-electron chi connectivity index (χ0n) is 12.1. The molecule has 21 heavy (non-hydrogen) atoms. The summed E-state index contributed by atoms with van der Waals surface area (Å²) in [6, 6.07) is 0. The monoisotopic (exact) mass is 291 g/mol. The van der Waals surface area contributed by atoms with Crippen molar-refractivity contribution in [3.05, 3.63) is 11.3 Å². The van der Waals surface area contributed by atoms with Gasteiger partial charge in [0.05, 0.1) is 18.9 Å². The van der Waals surface area contributed by atoms with Gasteiger partial charge in [0.2, 0.25) is 11.8 Å². The average molecular weight is 291 g/mol. The van der Waals surface area contributed by atoms with Gasteiger partial charge in [-0.15, -0.1) is 0 Å². The summed E-state index contributed by atoms with van der Waals surface area (Å²) in [6.07, 6.45) is 4.60. The minimum Gasteiger partial charge on any atom is -0.469 e. The molecule has 2 atom stereocenters. The Labute approximate surface area is 124 Å². The first-order chi connectivity index (χ1) is 10.3. The molecule has 6 heteroatoms. The lowest BCUT2D eigenvalue weighted by atomic mass is 10.2. The van der Waals surface area contributed by atoms with Crippen LogP contribution in [0.2, 0.25) is 0 Å². The highest BCUT2D eigenvalue weighted by Gasteiger charge is 2.31. The molecule has 114 valence electrons. The van der Waals surface area contributed by atoms with E-state index < -0.39 is 6.10 Å². The Morgan fingerprint density at radius 1 is 1.10 bits per heavy atom. The van der Waals surface area contributed by atoms with Gasteiger partial charge in [0.25, 0.3) is 0 Å². The summed E-state index contributed by atoms with van der Waals surface area (Å²) in [4.78, 5) is 11.6. The number of hydrogen-bond acceptors (Lipinski definition) is 6. The maximum absolute atomic E-state index is 9.88. The molecule has 3 heterocycles. The smallest absolute Gasteiger partial charge is 0.228 e. The highest BCUT2D eigenvalue weighted by molar-refractivity contribution is 5.43. The number of anilines is 1. The molecule has 0 radical (unpaired) electrons. The van der Waals surface area contributed by atoms with Crippen molar-refractivity contribution in [3.63, 3.8) is 0 Å². The standard InChI is InChI=1S/C15H21N3O3/c19-12-8-20-9-13(12)21-14-10-4-3-5-11(10)16-15(17-14)18-6-1-2-7-18/h12-13,19H,1-9H2/t12-,13-/m0/s1. The highest BCUT2D eigenvalue weighted by Crippen LogP contribution is 2.32. The van der Waals surface area contributed by atoms with Gasteiger partial charge in [0.1, 0.15) is 6.10 Å². The number of aliphatic hydroxyl groups is 1. The number of aryl methyl sites for hydroxylation is 1. The number of fused-ring (bicyclic) bond motifs is 1. The summed E-state index contributed by atoms with van der Waals surface area (Å²) < 4.78 is 11.2. The summed E-state index contributed by atoms with van der Waals surface area (Å²) in [6.45, 7) is 2.82. The highest BCUT2D eigenvalue weighted by atomic mass is 16.6. The van der Waals surface area contributed by atoms with E-state index in [0.29, 0.717) is 19.1 Å². The van der Waals surface area contributed by atoms with E-state index in [1.165, 1.54) is 12.8 Å². The van der Waals surface area contributed by atoms with Crippen molar-refractivity contribution in [2.45, 2.75) is 44.3 Å². The SMILES string of the molecule is O[C@H]1COC[C@@H]1Oc1nc(N2CCCC2)nc2c1CCC2. The zero-order chi connectivity index (χ0) is 14.2. The second-order valence-corrected chi connectivity index (χ2v) is 6.06. The second kappa shape index (κ2) is 5.42. The number of ether oxygens (including phenoxy) is 2. The Bertz CT molecular complexity index is 531. The first-order valence-corrected chi connectivity index (χ1v) is 7.88. The number of nitrogens with zero attached hydrogens (tertiary/aromatic N) is 3. The molecular weight excluding hydrogens is 270 g/mol. The molecule has 1 aromatic rings. The van der Waals surface area contributed by atoms with Gasteiger partial charge < -0.3 is 19.5 Å². The molecule has 0 aromatic carbocycles. The van der Waals surface area contributed by atoms with Gasteiger partial charge in [-0.25, -0.2) is 4.98 Å². The molecule has 0 unspecified atom stereocenters. The largest absolute Gasteiger partial charge is 0.469 e. The van der Waals surface area contributed by atoms with E-state index in [2.05, 4.69) is 9.88 Å². The lowest BCUT2D eigenvalue weighted by Gasteiger charge is -2.20. The van der Waals surface area contributed by atoms with E-state index in [1.54, 1.807) is 0 Å². The molecule has 0 spiro atoms. The van der Waals surface area contributed by atoms with Crippen molar-refractivity contribution in [2.75, 3.05) is 31.2 Å². The van der Waals surface area contributed by atoms with Crippen LogP contribution >= 0.6 is 0 Å². The summed E-state index contributed by atoms with van der Waals surface area (Å²) in [5.74, 6) is 1.45. The molecule has 2 fully saturated rings. The van der Waals surface area contributed by atoms with Gasteiger partial charge in [-0.1, -0.05) is 0 Å². The Balaban J connectivity index is 1.64. The van der Waals surface area contributed by atoms with Crippen LogP contribution in [0.25, 0.3) is 0 Å². The Morgan fingerprint density at radius 2 is 1.95 bits per heavy atom. The molecule has 1 aliphatic carbocycles. The van der Waals surface area contributed by atoms with Crippen molar-refractivity contribution >= 4 is 5.95 Å². The average Bonchev–Trinajstić information content (AvgIpc) is 3.20. The van der Waals surface area contributed by atoms with Crippen LogP contribution in [-0.4, -0.2) is 53.6 Å². The molecule has 1 aromatic heterocycles. The maximum Gasteiger partial charge on any atom is 0.228 e. The van der Waals surface area contributed by atoms with Gasteiger partial charge in [-0.05, 0) is 32.1 Å². The van der Waals surface area contributed by atoms with Gasteiger partial charge in [0, 0.05) is 18.7 Å². The van der Waals surface area contributed by atoms with Crippen molar-refractivity contribution in [1.82, 2.24) is 9.97 Å². The lowest BCUT2D eigenvalue weighted by Crippen LogP contribution is -2.31. The summed E-state index contributed by atoms with van der Waals surface area (Å²) in [7, 11) is 0. The number of hydrogen-bond donors (Lipinski definition) is 1. The van der Waals surface area contributed by atoms with Crippen LogP contribution in [0.1, 0.15) is 30.5 Å². The van der Waals surface area contributed by atoms with Crippen LogP contribution in [-0.2, 0) is 17.6 Å². The first kappa shape index (κ1) is 13.3. The molecule has 6 nitrogen and oxygen atoms in total. The van der Waals surface area contributed by atoms with Gasteiger partial charge in [-0.2, -0.15) is 4.98 Å². The van der Waals surface area contributed by atoms with Crippen LogP contribution < -0.4 is 9.64 Å². The predicted molar refractivity (Wildman–Crippen MR) is 76.7 cm³/mol. The topological polar surface area (TPSA) is 67.7 Å². The fourth-order valence-electron chi connectivity index (χ4n) is 3.32. The fraction of sp³-hybridized carbons (Fsp3) is 0.733. The fourth-order valence-corrected chi connectivity index (χ4v) is 3.32. The molecule has 3 aliphatic rings. The third kappa shape index (κ3) is 2.46. The number of aliphatic hydroxyl groups excluding tert-OH is 1. The first-order valence-electron chi connectivity index (χ1n) is 7.88. The van der Waals surface area contributed by atoms with Crippen LogP contribution in [0.15, 0.2) is 0 Å². The Morgan fingerprint density at radius 3 is 2.71 bits per heavy atom. The molecular formula is C15H21N3O3. The van der Waals surface area contributed by atoms with E-state index in [1.807, 2.05) is 0 Å². The van der Waals surface area contributed by atoms with E-state index in [9.17, 15) is 5.11 Å². The summed E-state index contributed by atoms with van der Waals surface area (Å²) in [5, 5.41) is 9.88. The molecule has 4 rings (SSSR count). The van der Waals surface area contributed by atoms with Gasteiger partial charge in [-0.3, -0.25) is 0 Å². The number of aromatic nitrogens is 2. The van der Waals surface area contributed by atoms with Gasteiger partial charge in [0.15, 0.2) is 6.10 Å². The maximum atomic E-state index is 9.88. The zero-order valence-corrected chi connectivity index (χ0v) is 12.1. The number of rotatable bonds is 3. The summed E-state index contributed by atoms with van der Waals surface area (Å²) >= 11 is 0. The Kier molecular flexibility index (Phi) is 3.43. The van der Waals surface area contributed by atoms with Crippen molar-refractivity contribution in [1.29, 1.82) is 0 Å². The summed E-state index contributed by atoms with van der Waals surface area (Å²) in [5.41, 5.74) is 2.24. The van der Waals surface area contributed by atoms with E-state index in [0.717, 1.165) is 49.6 Å². The van der Waals surface area contributed by atoms with Crippen LogP contribution in [0.4, 0.5) is 5.95 Å². The molecule has 0 amide bonds. The lowest BCUT2D eigenvalue weighted by molar-refractivity contribution is 0.0697. The molecule has 2 saturated heterocycles. The predicted octanol–water partition coefficient (Wildman–Crippen LogP) is 0.704. The second-order valence-electron chi connectivity index (χ2n) is 6.06. The van der Waals surface area contributed by atoms with Crippen LogP contribution in [0, 0.1) is 0 Å². The van der Waals surface area contributed by atoms with E-state index in [-0.39, 0.29) is 6.10 Å². The molecule has 0 bridgehead atoms. The minimum atomic E-state index is -0.563. The molecule has 0 saturated carbocycles. The van der Waals surface area contributed by atoms with Crippen LogP contribution in [0.3, 0.4) is 0 Å². The van der Waals surface area contributed by atoms with Crippen molar-refractivity contribution in [3.8, 4) is 5.88 Å². The quantitative estimate of drug-likeness (QED) is 0.884. The Hall–Kier alpha value is -1.40. The third-order valence-corrected chi connectivity index (χ3v) is 4.54. The molecule has 1 N–H and O–H groups in total. The van der Waals surface area contributed by atoms with Crippen LogP contribution in [0.5, 0.6) is 5.88 Å². The van der Waals surface area contributed by atoms with Gasteiger partial charge >= 0.3 is 0 Å². The van der Waals surface area contributed by atoms with Crippen molar-refractivity contribution < 1.29 is 14.6 Å². The normalized spacial score (nSPS) is 28.1. The third-order valence-electron chi connectivity index (χ3n) is 4.54.